The minimum Gasteiger partial charge on any atom is -0.324 e. The van der Waals surface area contributed by atoms with Crippen molar-refractivity contribution in [3.8, 4) is 0 Å². The van der Waals surface area contributed by atoms with E-state index in [9.17, 15) is 14.4 Å². The average molecular weight is 470 g/mol. The molecule has 2 aromatic rings. The molecular weight excluding hydrogens is 449 g/mol. The minimum absolute atomic E-state index is 0.169. The van der Waals surface area contributed by atoms with E-state index in [0.717, 1.165) is 40.1 Å². The summed E-state index contributed by atoms with van der Waals surface area (Å²) < 4.78 is 0. The van der Waals surface area contributed by atoms with Crippen molar-refractivity contribution in [1.82, 2.24) is 4.90 Å². The highest BCUT2D eigenvalue weighted by atomic mass is 35.5. The molecule has 164 valence electrons. The number of hydrogen-bond donors (Lipinski definition) is 1. The zero-order valence-corrected chi connectivity index (χ0v) is 19.1. The summed E-state index contributed by atoms with van der Waals surface area (Å²) in [6.45, 7) is 4.65. The molecular formula is C24H21Cl2N3O3. The lowest BCUT2D eigenvalue weighted by Crippen LogP contribution is -2.54. The third kappa shape index (κ3) is 2.23. The molecule has 6 rings (SSSR count). The van der Waals surface area contributed by atoms with Gasteiger partial charge in [-0.2, -0.15) is 0 Å². The SMILES string of the molecule is Cc1ccc2c(c1C)NC(=O)C21C2C(=O)N(c3cc(Cl)ccc3Cl)C(=O)C2C2CCCN21. The summed E-state index contributed by atoms with van der Waals surface area (Å²) in [6, 6.07) is 8.50. The van der Waals surface area contributed by atoms with Crippen molar-refractivity contribution in [2.45, 2.75) is 38.3 Å². The van der Waals surface area contributed by atoms with E-state index >= 15 is 0 Å². The molecule has 0 radical (unpaired) electrons. The number of anilines is 2. The zero-order valence-electron chi connectivity index (χ0n) is 17.6. The summed E-state index contributed by atoms with van der Waals surface area (Å²) in [7, 11) is 0. The summed E-state index contributed by atoms with van der Waals surface area (Å²) in [5.74, 6) is -2.32. The molecule has 3 saturated heterocycles. The minimum atomic E-state index is -1.19. The van der Waals surface area contributed by atoms with Crippen LogP contribution in [0.4, 0.5) is 11.4 Å². The van der Waals surface area contributed by atoms with Gasteiger partial charge in [-0.1, -0.05) is 35.3 Å². The Labute approximate surface area is 195 Å². The van der Waals surface area contributed by atoms with Crippen molar-refractivity contribution in [1.29, 1.82) is 0 Å². The topological polar surface area (TPSA) is 69.7 Å². The Morgan fingerprint density at radius 1 is 1.06 bits per heavy atom. The van der Waals surface area contributed by atoms with E-state index in [1.54, 1.807) is 12.1 Å². The summed E-state index contributed by atoms with van der Waals surface area (Å²) in [4.78, 5) is 44.7. The molecule has 0 bridgehead atoms. The number of fused-ring (bicyclic) bond motifs is 7. The molecule has 1 spiro atoms. The monoisotopic (exact) mass is 469 g/mol. The van der Waals surface area contributed by atoms with Crippen molar-refractivity contribution >= 4 is 52.3 Å². The number of benzene rings is 2. The highest BCUT2D eigenvalue weighted by molar-refractivity contribution is 6.38. The third-order valence-corrected chi connectivity index (χ3v) is 8.40. The number of nitrogens with one attached hydrogen (secondary N) is 1. The second kappa shape index (κ2) is 6.56. The fourth-order valence-corrected chi connectivity index (χ4v) is 6.78. The summed E-state index contributed by atoms with van der Waals surface area (Å²) in [5, 5.41) is 3.72. The Balaban J connectivity index is 1.58. The van der Waals surface area contributed by atoms with Crippen LogP contribution < -0.4 is 10.2 Å². The summed E-state index contributed by atoms with van der Waals surface area (Å²) in [5.41, 5.74) is 2.70. The fraction of sp³-hybridized carbons (Fsp3) is 0.375. The van der Waals surface area contributed by atoms with Crippen LogP contribution >= 0.6 is 23.2 Å². The van der Waals surface area contributed by atoms with Gasteiger partial charge >= 0.3 is 0 Å². The lowest BCUT2D eigenvalue weighted by molar-refractivity contribution is -0.135. The predicted octanol–water partition coefficient (Wildman–Crippen LogP) is 4.04. The number of aryl methyl sites for hydroxylation is 1. The first-order chi connectivity index (χ1) is 15.3. The summed E-state index contributed by atoms with van der Waals surface area (Å²) >= 11 is 12.5. The molecule has 0 aromatic heterocycles. The zero-order chi connectivity index (χ0) is 22.5. The highest BCUT2D eigenvalue weighted by Gasteiger charge is 2.74. The number of carbonyl (C=O) groups excluding carboxylic acids is 3. The van der Waals surface area contributed by atoms with Gasteiger partial charge in [-0.05, 0) is 62.6 Å². The molecule has 4 heterocycles. The maximum atomic E-state index is 14.0. The van der Waals surface area contributed by atoms with Crippen LogP contribution in [-0.4, -0.2) is 35.2 Å². The lowest BCUT2D eigenvalue weighted by atomic mass is 9.75. The van der Waals surface area contributed by atoms with Gasteiger partial charge < -0.3 is 5.32 Å². The van der Waals surface area contributed by atoms with E-state index < -0.39 is 17.4 Å². The maximum Gasteiger partial charge on any atom is 0.250 e. The van der Waals surface area contributed by atoms with Crippen LogP contribution in [0.2, 0.25) is 10.0 Å². The second-order valence-electron chi connectivity index (χ2n) is 9.16. The van der Waals surface area contributed by atoms with Crippen LogP contribution in [0.5, 0.6) is 0 Å². The first-order valence-corrected chi connectivity index (χ1v) is 11.6. The van der Waals surface area contributed by atoms with Crippen LogP contribution in [-0.2, 0) is 19.9 Å². The van der Waals surface area contributed by atoms with E-state index in [-0.39, 0.29) is 34.5 Å². The average Bonchev–Trinajstić information content (AvgIpc) is 3.46. The van der Waals surface area contributed by atoms with Gasteiger partial charge in [-0.25, -0.2) is 4.90 Å². The van der Waals surface area contributed by atoms with Crippen LogP contribution in [0.3, 0.4) is 0 Å². The number of halogens is 2. The first kappa shape index (κ1) is 20.2. The number of carbonyl (C=O) groups is 3. The van der Waals surface area contributed by atoms with Gasteiger partial charge in [0.1, 0.15) is 5.54 Å². The molecule has 8 heteroatoms. The van der Waals surface area contributed by atoms with E-state index in [1.807, 2.05) is 26.0 Å². The Bertz CT molecular complexity index is 1250. The standard InChI is InChI=1S/C24H21Cl2N3O3/c1-11-5-7-14-20(12(11)2)27-23(32)24(14)19-18(16-4-3-9-28(16)24)21(30)29(22(19)31)17-10-13(25)6-8-15(17)26/h5-8,10,16,18-19H,3-4,9H2,1-2H3,(H,27,32). The van der Waals surface area contributed by atoms with Crippen molar-refractivity contribution in [3.63, 3.8) is 0 Å². The van der Waals surface area contributed by atoms with Crippen molar-refractivity contribution < 1.29 is 14.4 Å². The molecule has 4 aliphatic heterocycles. The first-order valence-electron chi connectivity index (χ1n) is 10.8. The Hall–Kier alpha value is -2.41. The molecule has 1 N–H and O–H groups in total. The number of rotatable bonds is 1. The Morgan fingerprint density at radius 2 is 1.84 bits per heavy atom. The molecule has 6 nitrogen and oxygen atoms in total. The molecule has 32 heavy (non-hydrogen) atoms. The fourth-order valence-electron chi connectivity index (χ4n) is 6.41. The van der Waals surface area contributed by atoms with Gasteiger partial charge in [0.2, 0.25) is 17.7 Å². The quantitative estimate of drug-likeness (QED) is 0.639. The molecule has 4 aliphatic rings. The van der Waals surface area contributed by atoms with Gasteiger partial charge in [0.05, 0.1) is 22.5 Å². The van der Waals surface area contributed by atoms with Gasteiger partial charge in [-0.3, -0.25) is 19.3 Å². The molecule has 3 fully saturated rings. The second-order valence-corrected chi connectivity index (χ2v) is 10.0. The number of imide groups is 1. The third-order valence-electron chi connectivity index (χ3n) is 7.85. The predicted molar refractivity (Wildman–Crippen MR) is 122 cm³/mol. The van der Waals surface area contributed by atoms with Crippen LogP contribution in [0.1, 0.15) is 29.5 Å². The maximum absolute atomic E-state index is 14.0. The largest absolute Gasteiger partial charge is 0.324 e. The van der Waals surface area contributed by atoms with E-state index in [1.165, 1.54) is 6.07 Å². The molecule has 0 saturated carbocycles. The van der Waals surface area contributed by atoms with Gasteiger partial charge in [-0.15, -0.1) is 0 Å². The Morgan fingerprint density at radius 3 is 2.62 bits per heavy atom. The van der Waals surface area contributed by atoms with Crippen LogP contribution in [0.25, 0.3) is 0 Å². The van der Waals surface area contributed by atoms with Crippen LogP contribution in [0.15, 0.2) is 30.3 Å². The van der Waals surface area contributed by atoms with Crippen molar-refractivity contribution in [2.24, 2.45) is 11.8 Å². The van der Waals surface area contributed by atoms with Gasteiger partial charge in [0.25, 0.3) is 0 Å². The normalized spacial score (nSPS) is 30.8. The summed E-state index contributed by atoms with van der Waals surface area (Å²) in [6.07, 6.45) is 1.65. The number of nitrogens with zero attached hydrogens (tertiary/aromatic N) is 2. The van der Waals surface area contributed by atoms with E-state index in [2.05, 4.69) is 10.2 Å². The van der Waals surface area contributed by atoms with Gasteiger partial charge in [0.15, 0.2) is 0 Å². The molecule has 3 amide bonds. The molecule has 4 unspecified atom stereocenters. The molecule has 2 aromatic carbocycles. The highest BCUT2D eigenvalue weighted by Crippen LogP contribution is 2.61. The van der Waals surface area contributed by atoms with Crippen molar-refractivity contribution in [2.75, 3.05) is 16.8 Å². The molecule has 4 atom stereocenters. The Kier molecular flexibility index (Phi) is 4.15. The van der Waals surface area contributed by atoms with E-state index in [4.69, 9.17) is 23.2 Å². The number of hydrogen-bond acceptors (Lipinski definition) is 4. The van der Waals surface area contributed by atoms with Crippen LogP contribution in [0, 0.1) is 25.7 Å². The number of amides is 3. The van der Waals surface area contributed by atoms with E-state index in [0.29, 0.717) is 11.6 Å². The smallest absolute Gasteiger partial charge is 0.250 e. The lowest BCUT2D eigenvalue weighted by Gasteiger charge is -2.36. The molecule has 0 aliphatic carbocycles. The van der Waals surface area contributed by atoms with Gasteiger partial charge in [0, 0.05) is 22.3 Å². The van der Waals surface area contributed by atoms with Crippen molar-refractivity contribution in [3.05, 3.63) is 57.1 Å².